The first-order valence-corrected chi connectivity index (χ1v) is 5.88. The largest absolute Gasteiger partial charge is 0.493 e. The van der Waals surface area contributed by atoms with Crippen molar-refractivity contribution in [3.63, 3.8) is 0 Å². The fourth-order valence-corrected chi connectivity index (χ4v) is 1.74. The van der Waals surface area contributed by atoms with Crippen molar-refractivity contribution in [3.8, 4) is 11.5 Å². The van der Waals surface area contributed by atoms with Gasteiger partial charge < -0.3 is 20.5 Å². The molecule has 0 aliphatic rings. The number of carbonyl (C=O) groups excluding carboxylic acids is 1. The topological polar surface area (TPSA) is 73.6 Å². The molecular weight excluding hydrogens is 256 g/mol. The summed E-state index contributed by atoms with van der Waals surface area (Å²) in [6.45, 7) is 0.798. The van der Waals surface area contributed by atoms with Gasteiger partial charge in [-0.15, -0.1) is 0 Å². The standard InChI is InChI=1S/C12H17ClN2O3/c1-15-7-8-5-9(13)6-10(17-2)12(8)18-4-3-11(14)16/h5-6,15H,3-4,7H2,1-2H3,(H2,14,16). The van der Waals surface area contributed by atoms with E-state index in [1.165, 1.54) is 7.11 Å². The van der Waals surface area contributed by atoms with Crippen molar-refractivity contribution in [1.82, 2.24) is 5.32 Å². The predicted molar refractivity (Wildman–Crippen MR) is 70.1 cm³/mol. The summed E-state index contributed by atoms with van der Waals surface area (Å²) in [5.41, 5.74) is 5.93. The number of nitrogens with two attached hydrogens (primary N) is 1. The molecule has 0 bridgehead atoms. The minimum Gasteiger partial charge on any atom is -0.493 e. The number of nitrogens with one attached hydrogen (secondary N) is 1. The Kier molecular flexibility index (Phi) is 5.74. The summed E-state index contributed by atoms with van der Waals surface area (Å²) in [4.78, 5) is 10.7. The minimum absolute atomic E-state index is 0.158. The zero-order valence-electron chi connectivity index (χ0n) is 10.5. The number of methoxy groups -OCH3 is 1. The summed E-state index contributed by atoms with van der Waals surface area (Å²) in [7, 11) is 3.36. The SMILES string of the molecule is CNCc1cc(Cl)cc(OC)c1OCCC(N)=O. The monoisotopic (exact) mass is 272 g/mol. The van der Waals surface area contributed by atoms with Gasteiger partial charge in [-0.05, 0) is 13.1 Å². The summed E-state index contributed by atoms with van der Waals surface area (Å²) >= 11 is 5.98. The lowest BCUT2D eigenvalue weighted by Crippen LogP contribution is -2.16. The van der Waals surface area contributed by atoms with Gasteiger partial charge in [0.05, 0.1) is 20.1 Å². The van der Waals surface area contributed by atoms with Crippen LogP contribution in [0.1, 0.15) is 12.0 Å². The average Bonchev–Trinajstić information content (AvgIpc) is 2.31. The highest BCUT2D eigenvalue weighted by Crippen LogP contribution is 2.34. The fourth-order valence-electron chi connectivity index (χ4n) is 1.51. The van der Waals surface area contributed by atoms with Gasteiger partial charge in [0.25, 0.3) is 0 Å². The lowest BCUT2D eigenvalue weighted by molar-refractivity contribution is -0.118. The summed E-state index contributed by atoms with van der Waals surface area (Å²) in [6, 6.07) is 3.46. The van der Waals surface area contributed by atoms with E-state index in [9.17, 15) is 4.79 Å². The first-order chi connectivity index (χ1) is 8.58. The number of primary amides is 1. The Morgan fingerprint density at radius 2 is 2.22 bits per heavy atom. The number of rotatable bonds is 7. The van der Waals surface area contributed by atoms with Gasteiger partial charge >= 0.3 is 0 Å². The molecule has 0 unspecified atom stereocenters. The van der Waals surface area contributed by atoms with Gasteiger partial charge in [-0.2, -0.15) is 0 Å². The highest BCUT2D eigenvalue weighted by atomic mass is 35.5. The second kappa shape index (κ2) is 7.08. The lowest BCUT2D eigenvalue weighted by Gasteiger charge is -2.15. The lowest BCUT2D eigenvalue weighted by atomic mass is 10.2. The molecule has 0 aliphatic heterocycles. The minimum atomic E-state index is -0.405. The van der Waals surface area contributed by atoms with Crippen LogP contribution in [-0.2, 0) is 11.3 Å². The molecular formula is C12H17ClN2O3. The maximum atomic E-state index is 10.7. The molecule has 0 atom stereocenters. The van der Waals surface area contributed by atoms with Gasteiger partial charge in [-0.3, -0.25) is 4.79 Å². The van der Waals surface area contributed by atoms with Crippen molar-refractivity contribution in [1.29, 1.82) is 0 Å². The maximum Gasteiger partial charge on any atom is 0.220 e. The third kappa shape index (κ3) is 4.09. The van der Waals surface area contributed by atoms with Gasteiger partial charge in [0.15, 0.2) is 11.5 Å². The first-order valence-electron chi connectivity index (χ1n) is 5.50. The van der Waals surface area contributed by atoms with Crippen molar-refractivity contribution in [2.45, 2.75) is 13.0 Å². The van der Waals surface area contributed by atoms with Gasteiger partial charge in [0.1, 0.15) is 0 Å². The number of hydrogen-bond donors (Lipinski definition) is 2. The third-order valence-electron chi connectivity index (χ3n) is 2.28. The molecule has 0 aliphatic carbocycles. The molecule has 5 nitrogen and oxygen atoms in total. The van der Waals surface area contributed by atoms with E-state index in [0.29, 0.717) is 23.1 Å². The third-order valence-corrected chi connectivity index (χ3v) is 2.50. The van der Waals surface area contributed by atoms with Crippen LogP contribution in [0.25, 0.3) is 0 Å². The van der Waals surface area contributed by atoms with Gasteiger partial charge in [-0.1, -0.05) is 11.6 Å². The van der Waals surface area contributed by atoms with Crippen LogP contribution in [0.3, 0.4) is 0 Å². The fraction of sp³-hybridized carbons (Fsp3) is 0.417. The summed E-state index contributed by atoms with van der Waals surface area (Å²) in [6.07, 6.45) is 0.158. The molecule has 1 rings (SSSR count). The van der Waals surface area contributed by atoms with Crippen LogP contribution >= 0.6 is 11.6 Å². The van der Waals surface area contributed by atoms with Crippen LogP contribution in [0.2, 0.25) is 5.02 Å². The molecule has 0 heterocycles. The summed E-state index contributed by atoms with van der Waals surface area (Å²) in [5.74, 6) is 0.716. The van der Waals surface area contributed by atoms with E-state index in [0.717, 1.165) is 5.56 Å². The Morgan fingerprint density at radius 3 is 2.78 bits per heavy atom. The molecule has 18 heavy (non-hydrogen) atoms. The number of halogens is 1. The Labute approximate surface area is 111 Å². The van der Waals surface area contributed by atoms with Crippen LogP contribution in [0, 0.1) is 0 Å². The zero-order valence-corrected chi connectivity index (χ0v) is 11.2. The second-order valence-electron chi connectivity index (χ2n) is 3.69. The molecule has 1 aromatic rings. The number of amides is 1. The van der Waals surface area contributed by atoms with E-state index in [1.807, 2.05) is 7.05 Å². The maximum absolute atomic E-state index is 10.7. The van der Waals surface area contributed by atoms with E-state index >= 15 is 0 Å². The van der Waals surface area contributed by atoms with Crippen molar-refractivity contribution in [2.24, 2.45) is 5.73 Å². The molecule has 0 saturated carbocycles. The highest BCUT2D eigenvalue weighted by Gasteiger charge is 2.12. The van der Waals surface area contributed by atoms with Gasteiger partial charge in [0, 0.05) is 23.2 Å². The van der Waals surface area contributed by atoms with Crippen LogP contribution < -0.4 is 20.5 Å². The molecule has 3 N–H and O–H groups in total. The number of hydrogen-bond acceptors (Lipinski definition) is 4. The smallest absolute Gasteiger partial charge is 0.220 e. The average molecular weight is 273 g/mol. The molecule has 0 aromatic heterocycles. The van der Waals surface area contributed by atoms with Crippen LogP contribution in [0.5, 0.6) is 11.5 Å². The number of carbonyl (C=O) groups is 1. The molecule has 0 fully saturated rings. The second-order valence-corrected chi connectivity index (χ2v) is 4.13. The van der Waals surface area contributed by atoms with E-state index < -0.39 is 5.91 Å². The first kappa shape index (κ1) is 14.6. The van der Waals surface area contributed by atoms with Gasteiger partial charge in [0.2, 0.25) is 5.91 Å². The molecule has 0 saturated heterocycles. The highest BCUT2D eigenvalue weighted by molar-refractivity contribution is 6.30. The molecule has 1 aromatic carbocycles. The molecule has 0 radical (unpaired) electrons. The number of ether oxygens (including phenoxy) is 2. The van der Waals surface area contributed by atoms with Crippen molar-refractivity contribution < 1.29 is 14.3 Å². The summed E-state index contributed by atoms with van der Waals surface area (Å²) < 4.78 is 10.8. The Hall–Kier alpha value is -1.46. The molecule has 100 valence electrons. The van der Waals surface area contributed by atoms with Crippen molar-refractivity contribution in [3.05, 3.63) is 22.7 Å². The molecule has 1 amide bonds. The molecule has 0 spiro atoms. The quantitative estimate of drug-likeness (QED) is 0.785. The van der Waals surface area contributed by atoms with Crippen molar-refractivity contribution in [2.75, 3.05) is 20.8 Å². The van der Waals surface area contributed by atoms with E-state index in [1.54, 1.807) is 12.1 Å². The van der Waals surface area contributed by atoms with Crippen LogP contribution in [-0.4, -0.2) is 26.7 Å². The van der Waals surface area contributed by atoms with Gasteiger partial charge in [-0.25, -0.2) is 0 Å². The Morgan fingerprint density at radius 1 is 1.50 bits per heavy atom. The Balaban J connectivity index is 2.93. The Bertz CT molecular complexity index is 424. The predicted octanol–water partition coefficient (Wildman–Crippen LogP) is 1.32. The van der Waals surface area contributed by atoms with E-state index in [2.05, 4.69) is 5.32 Å². The van der Waals surface area contributed by atoms with Crippen LogP contribution in [0.4, 0.5) is 0 Å². The summed E-state index contributed by atoms with van der Waals surface area (Å²) in [5, 5.41) is 3.59. The van der Waals surface area contributed by atoms with Crippen LogP contribution in [0.15, 0.2) is 12.1 Å². The van der Waals surface area contributed by atoms with E-state index in [4.69, 9.17) is 26.8 Å². The normalized spacial score (nSPS) is 10.2. The molecule has 6 heteroatoms. The number of benzene rings is 1. The van der Waals surface area contributed by atoms with E-state index in [-0.39, 0.29) is 13.0 Å². The zero-order chi connectivity index (χ0) is 13.5. The van der Waals surface area contributed by atoms with Crippen molar-refractivity contribution >= 4 is 17.5 Å².